The highest BCUT2D eigenvalue weighted by atomic mass is 16.3. The zero-order valence-electron chi connectivity index (χ0n) is 11.8. The number of aromatic nitrogens is 1. The first kappa shape index (κ1) is 13.8. The van der Waals surface area contributed by atoms with Crippen molar-refractivity contribution in [2.24, 2.45) is 5.92 Å². The van der Waals surface area contributed by atoms with Gasteiger partial charge in [0.25, 0.3) is 0 Å². The number of nitrogens with zero attached hydrogens (tertiary/aromatic N) is 2. The van der Waals surface area contributed by atoms with Crippen LogP contribution in [0.5, 0.6) is 0 Å². The summed E-state index contributed by atoms with van der Waals surface area (Å²) >= 11 is 0. The van der Waals surface area contributed by atoms with Crippen LogP contribution < -0.4 is 5.32 Å². The third-order valence-corrected chi connectivity index (χ3v) is 3.94. The number of fused-ring (bicyclic) bond motifs is 1. The fourth-order valence-electron chi connectivity index (χ4n) is 2.80. The summed E-state index contributed by atoms with van der Waals surface area (Å²) in [5.74, 6) is 0.190. The highest BCUT2D eigenvalue weighted by Crippen LogP contribution is 2.22. The number of likely N-dealkylation sites (tertiary alicyclic amines) is 1. The largest absolute Gasteiger partial charge is 0.396 e. The first-order valence-corrected chi connectivity index (χ1v) is 7.28. The highest BCUT2D eigenvalue weighted by molar-refractivity contribution is 5.99. The Hall–Kier alpha value is -2.14. The molecule has 0 bridgehead atoms. The van der Waals surface area contributed by atoms with Crippen LogP contribution in [0.15, 0.2) is 36.5 Å². The van der Waals surface area contributed by atoms with Gasteiger partial charge in [0, 0.05) is 31.3 Å². The van der Waals surface area contributed by atoms with E-state index in [1.165, 1.54) is 0 Å². The number of para-hydroxylation sites is 1. The number of urea groups is 1. The maximum absolute atomic E-state index is 12.4. The normalized spacial score (nSPS) is 18.7. The maximum Gasteiger partial charge on any atom is 0.321 e. The molecule has 1 atom stereocenters. The third kappa shape index (κ3) is 2.97. The van der Waals surface area contributed by atoms with E-state index < -0.39 is 0 Å². The molecule has 2 amide bonds. The van der Waals surface area contributed by atoms with E-state index in [2.05, 4.69) is 10.3 Å². The molecule has 1 aliphatic heterocycles. The van der Waals surface area contributed by atoms with Gasteiger partial charge in [0.15, 0.2) is 0 Å². The summed E-state index contributed by atoms with van der Waals surface area (Å²) in [5, 5.41) is 13.2. The number of hydrogen-bond donors (Lipinski definition) is 2. The Morgan fingerprint density at radius 2 is 2.24 bits per heavy atom. The first-order valence-electron chi connectivity index (χ1n) is 7.28. The number of hydrogen-bond acceptors (Lipinski definition) is 3. The van der Waals surface area contributed by atoms with Crippen molar-refractivity contribution in [1.82, 2.24) is 9.88 Å². The predicted molar refractivity (Wildman–Crippen MR) is 82.1 cm³/mol. The Bertz CT molecular complexity index is 639. The average molecular weight is 285 g/mol. The number of aliphatic hydroxyl groups is 1. The van der Waals surface area contributed by atoms with Gasteiger partial charge in [-0.15, -0.1) is 0 Å². The van der Waals surface area contributed by atoms with Crippen LogP contribution in [0.1, 0.15) is 12.8 Å². The van der Waals surface area contributed by atoms with Crippen molar-refractivity contribution >= 4 is 22.6 Å². The Balaban J connectivity index is 1.77. The molecular weight excluding hydrogens is 266 g/mol. The lowest BCUT2D eigenvalue weighted by Crippen LogP contribution is -2.43. The second kappa shape index (κ2) is 6.10. The van der Waals surface area contributed by atoms with E-state index in [1.807, 2.05) is 30.3 Å². The lowest BCUT2D eigenvalue weighted by molar-refractivity contribution is 0.136. The van der Waals surface area contributed by atoms with Gasteiger partial charge in [-0.25, -0.2) is 4.79 Å². The topological polar surface area (TPSA) is 65.5 Å². The molecule has 110 valence electrons. The molecule has 1 fully saturated rings. The predicted octanol–water partition coefficient (Wildman–Crippen LogP) is 2.47. The number of benzene rings is 1. The number of carbonyl (C=O) groups excluding carboxylic acids is 1. The molecule has 2 heterocycles. The van der Waals surface area contributed by atoms with Crippen LogP contribution in [-0.2, 0) is 0 Å². The number of pyridine rings is 1. The summed E-state index contributed by atoms with van der Waals surface area (Å²) < 4.78 is 0. The van der Waals surface area contributed by atoms with Crippen LogP contribution >= 0.6 is 0 Å². The van der Waals surface area contributed by atoms with Crippen molar-refractivity contribution < 1.29 is 9.90 Å². The number of nitrogens with one attached hydrogen (secondary N) is 1. The Morgan fingerprint density at radius 3 is 3.10 bits per heavy atom. The Morgan fingerprint density at radius 1 is 1.38 bits per heavy atom. The number of rotatable bonds is 2. The zero-order chi connectivity index (χ0) is 14.7. The van der Waals surface area contributed by atoms with E-state index in [4.69, 9.17) is 0 Å². The SMILES string of the molecule is O=C(Nc1cccc2cccnc12)N1CCCC(CO)C1. The number of amides is 2. The van der Waals surface area contributed by atoms with E-state index in [0.29, 0.717) is 6.54 Å². The van der Waals surface area contributed by atoms with Crippen molar-refractivity contribution in [2.75, 3.05) is 25.0 Å². The van der Waals surface area contributed by atoms with Crippen molar-refractivity contribution in [3.8, 4) is 0 Å². The monoisotopic (exact) mass is 285 g/mol. The minimum atomic E-state index is -0.119. The smallest absolute Gasteiger partial charge is 0.321 e. The minimum absolute atomic E-state index is 0.119. The lowest BCUT2D eigenvalue weighted by Gasteiger charge is -2.31. The molecule has 3 rings (SSSR count). The minimum Gasteiger partial charge on any atom is -0.396 e. The number of anilines is 1. The summed E-state index contributed by atoms with van der Waals surface area (Å²) in [4.78, 5) is 18.5. The standard InChI is InChI=1S/C16H19N3O2/c20-11-12-4-3-9-19(10-12)16(21)18-14-7-1-5-13-6-2-8-17-15(13)14/h1-2,5-8,12,20H,3-4,9-11H2,(H,18,21). The molecule has 1 aromatic heterocycles. The Kier molecular flexibility index (Phi) is 4.01. The van der Waals surface area contributed by atoms with Gasteiger partial charge in [-0.3, -0.25) is 4.98 Å². The van der Waals surface area contributed by atoms with Crippen LogP contribution in [0.4, 0.5) is 10.5 Å². The second-order valence-electron chi connectivity index (χ2n) is 5.45. The third-order valence-electron chi connectivity index (χ3n) is 3.94. The van der Waals surface area contributed by atoms with Gasteiger partial charge in [0.1, 0.15) is 0 Å². The average Bonchev–Trinajstić information content (AvgIpc) is 2.55. The molecule has 1 unspecified atom stereocenters. The van der Waals surface area contributed by atoms with Crippen molar-refractivity contribution in [1.29, 1.82) is 0 Å². The molecule has 1 aliphatic rings. The number of aliphatic hydroxyl groups excluding tert-OH is 1. The summed E-state index contributed by atoms with van der Waals surface area (Å²) in [6.07, 6.45) is 3.64. The van der Waals surface area contributed by atoms with Crippen molar-refractivity contribution in [3.05, 3.63) is 36.5 Å². The quantitative estimate of drug-likeness (QED) is 0.891. The van der Waals surface area contributed by atoms with Crippen LogP contribution in [0, 0.1) is 5.92 Å². The number of piperidine rings is 1. The molecule has 21 heavy (non-hydrogen) atoms. The van der Waals surface area contributed by atoms with Crippen LogP contribution in [-0.4, -0.2) is 40.7 Å². The van der Waals surface area contributed by atoms with Gasteiger partial charge in [-0.2, -0.15) is 0 Å². The molecule has 1 aromatic carbocycles. The summed E-state index contributed by atoms with van der Waals surface area (Å²) in [6, 6.07) is 9.48. The zero-order valence-corrected chi connectivity index (χ0v) is 11.8. The van der Waals surface area contributed by atoms with Crippen LogP contribution in [0.25, 0.3) is 10.9 Å². The molecule has 0 aliphatic carbocycles. The van der Waals surface area contributed by atoms with Crippen molar-refractivity contribution in [3.63, 3.8) is 0 Å². The fraction of sp³-hybridized carbons (Fsp3) is 0.375. The molecule has 0 saturated carbocycles. The summed E-state index contributed by atoms with van der Waals surface area (Å²) in [6.45, 7) is 1.49. The van der Waals surface area contributed by atoms with Gasteiger partial charge < -0.3 is 15.3 Å². The number of carbonyl (C=O) groups is 1. The van der Waals surface area contributed by atoms with Gasteiger partial charge in [0.05, 0.1) is 11.2 Å². The van der Waals surface area contributed by atoms with E-state index in [-0.39, 0.29) is 18.6 Å². The van der Waals surface area contributed by atoms with Gasteiger partial charge in [0.2, 0.25) is 0 Å². The highest BCUT2D eigenvalue weighted by Gasteiger charge is 2.23. The molecule has 2 N–H and O–H groups in total. The molecular formula is C16H19N3O2. The van der Waals surface area contributed by atoms with Crippen LogP contribution in [0.2, 0.25) is 0 Å². The summed E-state index contributed by atoms with van der Waals surface area (Å²) in [5.41, 5.74) is 1.52. The summed E-state index contributed by atoms with van der Waals surface area (Å²) in [7, 11) is 0. The molecule has 0 radical (unpaired) electrons. The van der Waals surface area contributed by atoms with E-state index in [9.17, 15) is 9.90 Å². The first-order chi connectivity index (χ1) is 10.3. The molecule has 2 aromatic rings. The molecule has 0 spiro atoms. The molecule has 5 nitrogen and oxygen atoms in total. The molecule has 1 saturated heterocycles. The fourth-order valence-corrected chi connectivity index (χ4v) is 2.80. The van der Waals surface area contributed by atoms with E-state index in [1.54, 1.807) is 11.1 Å². The maximum atomic E-state index is 12.4. The second-order valence-corrected chi connectivity index (χ2v) is 5.45. The van der Waals surface area contributed by atoms with Crippen LogP contribution in [0.3, 0.4) is 0 Å². The van der Waals surface area contributed by atoms with Gasteiger partial charge in [-0.05, 0) is 30.9 Å². The van der Waals surface area contributed by atoms with Gasteiger partial charge in [-0.1, -0.05) is 18.2 Å². The van der Waals surface area contributed by atoms with E-state index >= 15 is 0 Å². The van der Waals surface area contributed by atoms with Gasteiger partial charge >= 0.3 is 6.03 Å². The van der Waals surface area contributed by atoms with E-state index in [0.717, 1.165) is 36.0 Å². The van der Waals surface area contributed by atoms with Crippen molar-refractivity contribution in [2.45, 2.75) is 12.8 Å². The lowest BCUT2D eigenvalue weighted by atomic mass is 9.99. The molecule has 5 heteroatoms. The Labute approximate surface area is 123 Å².